The van der Waals surface area contributed by atoms with E-state index >= 15 is 0 Å². The highest BCUT2D eigenvalue weighted by Crippen LogP contribution is 2.27. The van der Waals surface area contributed by atoms with E-state index in [4.69, 9.17) is 9.47 Å². The second-order valence-electron chi connectivity index (χ2n) is 10.4. The van der Waals surface area contributed by atoms with Crippen molar-refractivity contribution in [2.24, 2.45) is 0 Å². The largest absolute Gasteiger partial charge is 0.493 e. The number of amides is 2. The number of nitrogens with one attached hydrogen (secondary N) is 2. The van der Waals surface area contributed by atoms with Gasteiger partial charge < -0.3 is 20.1 Å². The Morgan fingerprint density at radius 2 is 1.64 bits per heavy atom. The van der Waals surface area contributed by atoms with E-state index in [1.54, 1.807) is 38.5 Å². The van der Waals surface area contributed by atoms with E-state index in [0.717, 1.165) is 29.4 Å². The van der Waals surface area contributed by atoms with Crippen molar-refractivity contribution in [2.75, 3.05) is 27.3 Å². The van der Waals surface area contributed by atoms with Crippen LogP contribution in [0.25, 0.3) is 10.9 Å². The zero-order valence-corrected chi connectivity index (χ0v) is 24.4. The maximum Gasteiger partial charge on any atom is 0.331 e. The third kappa shape index (κ3) is 7.90. The van der Waals surface area contributed by atoms with Crippen LogP contribution in [-0.4, -0.2) is 48.3 Å². The summed E-state index contributed by atoms with van der Waals surface area (Å²) in [5.41, 5.74) is 1.79. The molecule has 0 atom stereocenters. The molecule has 0 bridgehead atoms. The number of methoxy groups -OCH3 is 2. The standard InChI is InChI=1S/C32H40N4O6/c1-41-27-15-14-24(21-28(27)42-2)17-19-33-29(37)13-8-20-35-31(39)25-11-6-7-12-26(25)36(32(35)40)22-30(38)34-18-16-23-9-4-3-5-10-23/h6-7,9,11-12,14-15,21H,3-5,8,10,13,16-20,22H2,1-2H3,(H,33,37)(H,34,38). The molecule has 0 spiro atoms. The van der Waals surface area contributed by atoms with Crippen molar-refractivity contribution in [2.45, 2.75) is 64.5 Å². The lowest BCUT2D eigenvalue weighted by Crippen LogP contribution is -2.43. The Labute approximate surface area is 245 Å². The van der Waals surface area contributed by atoms with Gasteiger partial charge in [-0.3, -0.25) is 23.5 Å². The summed E-state index contributed by atoms with van der Waals surface area (Å²) in [4.78, 5) is 51.8. The summed E-state index contributed by atoms with van der Waals surface area (Å²) >= 11 is 0. The number of benzene rings is 2. The Kier molecular flexibility index (Phi) is 11.0. The molecule has 2 aromatic carbocycles. The number of carbonyl (C=O) groups excluding carboxylic acids is 2. The van der Waals surface area contributed by atoms with Gasteiger partial charge in [0.2, 0.25) is 11.8 Å². The van der Waals surface area contributed by atoms with E-state index in [9.17, 15) is 19.2 Å². The van der Waals surface area contributed by atoms with Crippen molar-refractivity contribution in [3.05, 3.63) is 80.5 Å². The van der Waals surface area contributed by atoms with Crippen LogP contribution in [-0.2, 0) is 29.1 Å². The highest BCUT2D eigenvalue weighted by atomic mass is 16.5. The van der Waals surface area contributed by atoms with Crippen LogP contribution in [0.5, 0.6) is 11.5 Å². The van der Waals surface area contributed by atoms with Crippen LogP contribution in [0.3, 0.4) is 0 Å². The van der Waals surface area contributed by atoms with Gasteiger partial charge in [0.05, 0.1) is 25.1 Å². The maximum absolute atomic E-state index is 13.4. The highest BCUT2D eigenvalue weighted by molar-refractivity contribution is 5.81. The third-order valence-corrected chi connectivity index (χ3v) is 7.56. The first-order valence-electron chi connectivity index (χ1n) is 14.6. The summed E-state index contributed by atoms with van der Waals surface area (Å²) in [6.07, 6.45) is 8.68. The third-order valence-electron chi connectivity index (χ3n) is 7.56. The van der Waals surface area contributed by atoms with Crippen LogP contribution in [0.15, 0.2) is 63.7 Å². The van der Waals surface area contributed by atoms with Crippen LogP contribution in [0.2, 0.25) is 0 Å². The van der Waals surface area contributed by atoms with E-state index in [2.05, 4.69) is 16.7 Å². The number of fused-ring (bicyclic) bond motifs is 1. The first-order chi connectivity index (χ1) is 20.4. The lowest BCUT2D eigenvalue weighted by Gasteiger charge is -2.15. The van der Waals surface area contributed by atoms with Gasteiger partial charge in [0.1, 0.15) is 6.54 Å². The fraction of sp³-hybridized carbons (Fsp3) is 0.438. The fourth-order valence-electron chi connectivity index (χ4n) is 5.28. The van der Waals surface area contributed by atoms with Crippen LogP contribution >= 0.6 is 0 Å². The first kappa shape index (κ1) is 30.6. The number of aromatic nitrogens is 2. The molecule has 2 amide bonds. The predicted octanol–water partition coefficient (Wildman–Crippen LogP) is 3.33. The molecule has 1 aliphatic carbocycles. The monoisotopic (exact) mass is 576 g/mol. The molecular formula is C32H40N4O6. The smallest absolute Gasteiger partial charge is 0.331 e. The van der Waals surface area contributed by atoms with Crippen molar-refractivity contribution >= 4 is 22.7 Å². The summed E-state index contributed by atoms with van der Waals surface area (Å²) in [6, 6.07) is 12.4. The second-order valence-corrected chi connectivity index (χ2v) is 10.4. The van der Waals surface area contributed by atoms with Gasteiger partial charge in [-0.25, -0.2) is 4.79 Å². The summed E-state index contributed by atoms with van der Waals surface area (Å²) in [5.74, 6) is 0.818. The van der Waals surface area contributed by atoms with Gasteiger partial charge in [-0.15, -0.1) is 0 Å². The molecule has 10 heteroatoms. The minimum Gasteiger partial charge on any atom is -0.493 e. The highest BCUT2D eigenvalue weighted by Gasteiger charge is 2.16. The topological polar surface area (TPSA) is 121 Å². The molecule has 0 radical (unpaired) electrons. The minimum atomic E-state index is -0.558. The molecule has 1 aliphatic rings. The van der Waals surface area contributed by atoms with Crippen molar-refractivity contribution in [1.82, 2.24) is 19.8 Å². The molecule has 0 saturated carbocycles. The average Bonchev–Trinajstić information content (AvgIpc) is 3.01. The summed E-state index contributed by atoms with van der Waals surface area (Å²) < 4.78 is 13.0. The molecule has 0 aliphatic heterocycles. The molecule has 1 aromatic heterocycles. The van der Waals surface area contributed by atoms with Crippen molar-refractivity contribution in [3.8, 4) is 11.5 Å². The normalized spacial score (nSPS) is 13.0. The molecule has 0 unspecified atom stereocenters. The Balaban J connectivity index is 1.34. The lowest BCUT2D eigenvalue weighted by molar-refractivity contribution is -0.122. The molecule has 1 heterocycles. The van der Waals surface area contributed by atoms with Crippen molar-refractivity contribution < 1.29 is 19.1 Å². The van der Waals surface area contributed by atoms with Gasteiger partial charge >= 0.3 is 5.69 Å². The van der Waals surface area contributed by atoms with E-state index in [-0.39, 0.29) is 31.3 Å². The van der Waals surface area contributed by atoms with Crippen molar-refractivity contribution in [1.29, 1.82) is 0 Å². The van der Waals surface area contributed by atoms with Gasteiger partial charge in [-0.1, -0.05) is 29.8 Å². The van der Waals surface area contributed by atoms with E-state index in [1.807, 2.05) is 18.2 Å². The first-order valence-corrected chi connectivity index (χ1v) is 14.6. The average molecular weight is 577 g/mol. The predicted molar refractivity (Wildman–Crippen MR) is 162 cm³/mol. The van der Waals surface area contributed by atoms with Crippen LogP contribution in [0.4, 0.5) is 0 Å². The van der Waals surface area contributed by atoms with Gasteiger partial charge in [-0.2, -0.15) is 0 Å². The van der Waals surface area contributed by atoms with Crippen LogP contribution in [0, 0.1) is 0 Å². The number of para-hydroxylation sites is 1. The number of nitrogens with zero attached hydrogens (tertiary/aromatic N) is 2. The maximum atomic E-state index is 13.4. The van der Waals surface area contributed by atoms with Crippen molar-refractivity contribution in [3.63, 3.8) is 0 Å². The quantitative estimate of drug-likeness (QED) is 0.284. The van der Waals surface area contributed by atoms with Crippen LogP contribution < -0.4 is 31.4 Å². The fourth-order valence-corrected chi connectivity index (χ4v) is 5.28. The van der Waals surface area contributed by atoms with E-state index in [1.165, 1.54) is 23.0 Å². The molecule has 0 fully saturated rings. The Morgan fingerprint density at radius 1 is 0.881 bits per heavy atom. The SMILES string of the molecule is COc1ccc(CCNC(=O)CCCn2c(=O)c3ccccc3n(CC(=O)NCCC3=CCCCC3)c2=O)cc1OC. The molecule has 224 valence electrons. The zero-order chi connectivity index (χ0) is 29.9. The number of hydrogen-bond donors (Lipinski definition) is 2. The number of hydrogen-bond acceptors (Lipinski definition) is 6. The number of carbonyl (C=O) groups is 2. The van der Waals surface area contributed by atoms with Gasteiger partial charge in [-0.05, 0) is 74.8 Å². The summed E-state index contributed by atoms with van der Waals surface area (Å²) in [7, 11) is 3.15. The Bertz CT molecular complexity index is 1550. The molecule has 2 N–H and O–H groups in total. The number of ether oxygens (including phenoxy) is 2. The molecule has 4 rings (SSSR count). The zero-order valence-electron chi connectivity index (χ0n) is 24.4. The molecule has 0 saturated heterocycles. The van der Waals surface area contributed by atoms with Crippen LogP contribution in [0.1, 0.15) is 50.5 Å². The van der Waals surface area contributed by atoms with Gasteiger partial charge in [0, 0.05) is 26.1 Å². The van der Waals surface area contributed by atoms with Gasteiger partial charge in [0.25, 0.3) is 5.56 Å². The van der Waals surface area contributed by atoms with E-state index in [0.29, 0.717) is 48.3 Å². The summed E-state index contributed by atoms with van der Waals surface area (Å²) in [5, 5.41) is 6.16. The minimum absolute atomic E-state index is 0.0708. The van der Waals surface area contributed by atoms with Gasteiger partial charge in [0.15, 0.2) is 11.5 Å². The molecule has 3 aromatic rings. The molecule has 42 heavy (non-hydrogen) atoms. The second kappa shape index (κ2) is 15.0. The number of allylic oxidation sites excluding steroid dienone is 1. The van der Waals surface area contributed by atoms with E-state index < -0.39 is 11.2 Å². The number of rotatable bonds is 14. The Hall–Kier alpha value is -4.34. The lowest BCUT2D eigenvalue weighted by atomic mass is 9.97. The molecular weight excluding hydrogens is 536 g/mol. The Morgan fingerprint density at radius 3 is 2.40 bits per heavy atom. The molecule has 10 nitrogen and oxygen atoms in total. The summed E-state index contributed by atoms with van der Waals surface area (Å²) in [6.45, 7) is 0.832.